The van der Waals surface area contributed by atoms with Crippen molar-refractivity contribution in [3.63, 3.8) is 0 Å². The molecule has 1 heterocycles. The zero-order valence-corrected chi connectivity index (χ0v) is 9.46. The smallest absolute Gasteiger partial charge is 0.222 e. The van der Waals surface area contributed by atoms with Crippen LogP contribution in [-0.2, 0) is 4.79 Å². The van der Waals surface area contributed by atoms with E-state index in [1.54, 1.807) is 6.92 Å². The predicted octanol–water partition coefficient (Wildman–Crippen LogP) is 0.782. The van der Waals surface area contributed by atoms with Crippen LogP contribution in [-0.4, -0.2) is 36.4 Å². The summed E-state index contributed by atoms with van der Waals surface area (Å²) in [6, 6.07) is -0.403. The van der Waals surface area contributed by atoms with Crippen molar-refractivity contribution in [2.24, 2.45) is 5.73 Å². The van der Waals surface area contributed by atoms with Gasteiger partial charge in [0, 0.05) is 6.54 Å². The predicted molar refractivity (Wildman–Crippen MR) is 61.3 cm³/mol. The summed E-state index contributed by atoms with van der Waals surface area (Å²) in [5.74, 6) is 4.96. The van der Waals surface area contributed by atoms with E-state index in [1.165, 1.54) is 19.3 Å². The van der Waals surface area contributed by atoms with E-state index in [9.17, 15) is 4.79 Å². The van der Waals surface area contributed by atoms with Gasteiger partial charge in [0.2, 0.25) is 5.78 Å². The number of nitrogens with two attached hydrogens (primary N) is 1. The maximum Gasteiger partial charge on any atom is 0.222 e. The third-order valence-corrected chi connectivity index (χ3v) is 2.79. The molecule has 0 bridgehead atoms. The van der Waals surface area contributed by atoms with Crippen molar-refractivity contribution in [3.8, 4) is 11.8 Å². The largest absolute Gasteiger partial charge is 0.321 e. The first-order chi connectivity index (χ1) is 7.24. The molecule has 0 saturated carbocycles. The SMILES string of the molecule is CC#CC(=O)C(N)CCN1CCCCC1. The third-order valence-electron chi connectivity index (χ3n) is 2.79. The Morgan fingerprint density at radius 3 is 2.67 bits per heavy atom. The molecular formula is C12H20N2O. The summed E-state index contributed by atoms with van der Waals surface area (Å²) in [7, 11) is 0. The van der Waals surface area contributed by atoms with Crippen molar-refractivity contribution in [1.29, 1.82) is 0 Å². The standard InChI is InChI=1S/C12H20N2O/c1-2-6-12(15)11(13)7-10-14-8-4-3-5-9-14/h11H,3-5,7-10,13H2,1H3. The molecule has 0 aromatic rings. The zero-order chi connectivity index (χ0) is 11.1. The van der Waals surface area contributed by atoms with Crippen LogP contribution in [0, 0.1) is 11.8 Å². The topological polar surface area (TPSA) is 46.3 Å². The molecule has 2 N–H and O–H groups in total. The van der Waals surface area contributed by atoms with E-state index in [0.29, 0.717) is 0 Å². The lowest BCUT2D eigenvalue weighted by Crippen LogP contribution is -2.37. The van der Waals surface area contributed by atoms with E-state index in [0.717, 1.165) is 26.1 Å². The highest BCUT2D eigenvalue weighted by Crippen LogP contribution is 2.09. The van der Waals surface area contributed by atoms with E-state index in [-0.39, 0.29) is 5.78 Å². The van der Waals surface area contributed by atoms with Crippen molar-refractivity contribution in [2.45, 2.75) is 38.6 Å². The molecule has 84 valence electrons. The molecule has 0 aromatic heterocycles. The van der Waals surface area contributed by atoms with Crippen molar-refractivity contribution >= 4 is 5.78 Å². The van der Waals surface area contributed by atoms with Crippen LogP contribution < -0.4 is 5.73 Å². The minimum Gasteiger partial charge on any atom is -0.321 e. The van der Waals surface area contributed by atoms with Gasteiger partial charge in [-0.05, 0) is 45.2 Å². The van der Waals surface area contributed by atoms with E-state index >= 15 is 0 Å². The number of Topliss-reactive ketones (excluding diaryl/α,β-unsaturated/α-hetero) is 1. The van der Waals surface area contributed by atoms with Gasteiger partial charge in [-0.15, -0.1) is 0 Å². The molecule has 15 heavy (non-hydrogen) atoms. The van der Waals surface area contributed by atoms with Crippen LogP contribution in [0.25, 0.3) is 0 Å². The molecule has 1 aliphatic rings. The number of carbonyl (C=O) groups is 1. The van der Waals surface area contributed by atoms with Crippen molar-refractivity contribution < 1.29 is 4.79 Å². The van der Waals surface area contributed by atoms with E-state index in [4.69, 9.17) is 5.73 Å². The highest BCUT2D eigenvalue weighted by atomic mass is 16.1. The fourth-order valence-electron chi connectivity index (χ4n) is 1.85. The van der Waals surface area contributed by atoms with Gasteiger partial charge in [0.05, 0.1) is 6.04 Å². The Kier molecular flexibility index (Phi) is 5.38. The summed E-state index contributed by atoms with van der Waals surface area (Å²) in [5, 5.41) is 0. The van der Waals surface area contributed by atoms with Crippen molar-refractivity contribution in [3.05, 3.63) is 0 Å². The molecule has 1 atom stereocenters. The van der Waals surface area contributed by atoms with Gasteiger partial charge in [0.15, 0.2) is 0 Å². The number of piperidine rings is 1. The highest BCUT2D eigenvalue weighted by Gasteiger charge is 2.14. The summed E-state index contributed by atoms with van der Waals surface area (Å²) in [5.41, 5.74) is 5.74. The lowest BCUT2D eigenvalue weighted by atomic mass is 10.1. The first-order valence-electron chi connectivity index (χ1n) is 5.68. The summed E-state index contributed by atoms with van der Waals surface area (Å²) >= 11 is 0. The number of carbonyl (C=O) groups excluding carboxylic acids is 1. The molecule has 0 aliphatic carbocycles. The summed E-state index contributed by atoms with van der Waals surface area (Å²) < 4.78 is 0. The normalized spacial score (nSPS) is 19.1. The van der Waals surface area contributed by atoms with Crippen LogP contribution in [0.15, 0.2) is 0 Å². The minimum atomic E-state index is -0.403. The Morgan fingerprint density at radius 1 is 1.40 bits per heavy atom. The molecule has 1 rings (SSSR count). The lowest BCUT2D eigenvalue weighted by Gasteiger charge is -2.26. The number of ketones is 1. The van der Waals surface area contributed by atoms with Gasteiger partial charge in [0.25, 0.3) is 0 Å². The number of hydrogen-bond donors (Lipinski definition) is 1. The molecule has 0 spiro atoms. The Morgan fingerprint density at radius 2 is 2.07 bits per heavy atom. The van der Waals surface area contributed by atoms with Crippen molar-refractivity contribution in [2.75, 3.05) is 19.6 Å². The second-order valence-corrected chi connectivity index (χ2v) is 4.04. The fraction of sp³-hybridized carbons (Fsp3) is 0.750. The Labute approximate surface area is 92.0 Å². The van der Waals surface area contributed by atoms with Gasteiger partial charge < -0.3 is 10.6 Å². The highest BCUT2D eigenvalue weighted by molar-refractivity contribution is 5.99. The second-order valence-electron chi connectivity index (χ2n) is 4.04. The lowest BCUT2D eigenvalue weighted by molar-refractivity contribution is -0.115. The van der Waals surface area contributed by atoms with Crippen LogP contribution in [0.3, 0.4) is 0 Å². The van der Waals surface area contributed by atoms with Crippen LogP contribution in [0.5, 0.6) is 0 Å². The van der Waals surface area contributed by atoms with Gasteiger partial charge in [-0.25, -0.2) is 0 Å². The molecule has 3 heteroatoms. The van der Waals surface area contributed by atoms with E-state index in [2.05, 4.69) is 16.7 Å². The van der Waals surface area contributed by atoms with Crippen LogP contribution in [0.2, 0.25) is 0 Å². The molecule has 1 aliphatic heterocycles. The zero-order valence-electron chi connectivity index (χ0n) is 9.46. The Bertz CT molecular complexity index is 259. The van der Waals surface area contributed by atoms with Gasteiger partial charge in [0.1, 0.15) is 0 Å². The molecule has 0 amide bonds. The Balaban J connectivity index is 2.22. The first-order valence-corrected chi connectivity index (χ1v) is 5.68. The maximum atomic E-state index is 11.3. The number of nitrogens with zero attached hydrogens (tertiary/aromatic N) is 1. The molecule has 3 nitrogen and oxygen atoms in total. The second kappa shape index (κ2) is 6.60. The van der Waals surface area contributed by atoms with Gasteiger partial charge >= 0.3 is 0 Å². The molecule has 0 radical (unpaired) electrons. The Hall–Kier alpha value is -0.850. The molecule has 1 unspecified atom stereocenters. The van der Waals surface area contributed by atoms with Gasteiger partial charge in [-0.2, -0.15) is 0 Å². The van der Waals surface area contributed by atoms with E-state index in [1.807, 2.05) is 0 Å². The van der Waals surface area contributed by atoms with Crippen molar-refractivity contribution in [1.82, 2.24) is 4.90 Å². The van der Waals surface area contributed by atoms with Crippen LogP contribution >= 0.6 is 0 Å². The van der Waals surface area contributed by atoms with Crippen LogP contribution in [0.4, 0.5) is 0 Å². The minimum absolute atomic E-state index is 0.130. The van der Waals surface area contributed by atoms with Gasteiger partial charge in [-0.1, -0.05) is 12.3 Å². The summed E-state index contributed by atoms with van der Waals surface area (Å²) in [4.78, 5) is 13.7. The molecule has 1 saturated heterocycles. The van der Waals surface area contributed by atoms with Gasteiger partial charge in [-0.3, -0.25) is 4.79 Å². The maximum absolute atomic E-state index is 11.3. The third kappa shape index (κ3) is 4.46. The average Bonchev–Trinajstić information content (AvgIpc) is 2.27. The fourth-order valence-corrected chi connectivity index (χ4v) is 1.85. The first kappa shape index (κ1) is 12.2. The average molecular weight is 208 g/mol. The monoisotopic (exact) mass is 208 g/mol. The quantitative estimate of drug-likeness (QED) is 0.548. The number of likely N-dealkylation sites (tertiary alicyclic amines) is 1. The summed E-state index contributed by atoms with van der Waals surface area (Å²) in [6.45, 7) is 4.90. The molecular weight excluding hydrogens is 188 g/mol. The number of hydrogen-bond acceptors (Lipinski definition) is 3. The molecule has 0 aromatic carbocycles. The van der Waals surface area contributed by atoms with Crippen LogP contribution in [0.1, 0.15) is 32.6 Å². The number of rotatable bonds is 4. The summed E-state index contributed by atoms with van der Waals surface area (Å²) in [6.07, 6.45) is 4.62. The van der Waals surface area contributed by atoms with E-state index < -0.39 is 6.04 Å². The molecule has 1 fully saturated rings.